The van der Waals surface area contributed by atoms with E-state index in [-0.39, 0.29) is 24.4 Å². The molecule has 7 nitrogen and oxygen atoms in total. The molecular formula is C24H36O7. The van der Waals surface area contributed by atoms with Gasteiger partial charge in [-0.3, -0.25) is 0 Å². The lowest BCUT2D eigenvalue weighted by Crippen LogP contribution is -2.44. The van der Waals surface area contributed by atoms with Crippen molar-refractivity contribution in [3.8, 4) is 5.75 Å². The number of benzene rings is 1. The molecule has 0 aromatic heterocycles. The summed E-state index contributed by atoms with van der Waals surface area (Å²) in [6.07, 6.45) is 1.79. The van der Waals surface area contributed by atoms with Crippen molar-refractivity contribution in [3.63, 3.8) is 0 Å². The number of hydrogen-bond donors (Lipinski definition) is 0. The summed E-state index contributed by atoms with van der Waals surface area (Å²) < 4.78 is 42.2. The molecule has 0 amide bonds. The van der Waals surface area contributed by atoms with Gasteiger partial charge in [0.1, 0.15) is 30.2 Å². The standard InChI is InChI=1S/C24H36O7/c1-6-7-8-13-25-17-11-9-16(10-12-17)14-26-20-19(18-15-27-23(2,3)29-18)28-22-21(20)30-24(4,5)31-22/h9-12,18-22H,6-8,13-15H2,1-5H3/t18?,19-,20+,21-,22-/m1/s1. The van der Waals surface area contributed by atoms with Crippen LogP contribution < -0.4 is 4.74 Å². The quantitative estimate of drug-likeness (QED) is 0.538. The minimum atomic E-state index is -0.703. The van der Waals surface area contributed by atoms with Gasteiger partial charge in [-0.25, -0.2) is 0 Å². The first-order valence-electron chi connectivity index (χ1n) is 11.4. The molecule has 0 saturated carbocycles. The van der Waals surface area contributed by atoms with Gasteiger partial charge in [0.05, 0.1) is 19.8 Å². The second kappa shape index (κ2) is 9.33. The van der Waals surface area contributed by atoms with Gasteiger partial charge < -0.3 is 33.2 Å². The van der Waals surface area contributed by atoms with Crippen LogP contribution in [0.4, 0.5) is 0 Å². The summed E-state index contributed by atoms with van der Waals surface area (Å²) in [5, 5.41) is 0. The van der Waals surface area contributed by atoms with E-state index in [1.807, 2.05) is 52.0 Å². The summed E-state index contributed by atoms with van der Waals surface area (Å²) >= 11 is 0. The Morgan fingerprint density at radius 3 is 2.39 bits per heavy atom. The molecule has 3 heterocycles. The van der Waals surface area contributed by atoms with E-state index in [1.165, 1.54) is 12.8 Å². The van der Waals surface area contributed by atoms with Crippen molar-refractivity contribution in [2.24, 2.45) is 0 Å². The Labute approximate surface area is 185 Å². The molecule has 1 unspecified atom stereocenters. The van der Waals surface area contributed by atoms with Crippen molar-refractivity contribution in [2.75, 3.05) is 13.2 Å². The fraction of sp³-hybridized carbons (Fsp3) is 0.750. The summed E-state index contributed by atoms with van der Waals surface area (Å²) in [6.45, 7) is 11.4. The summed E-state index contributed by atoms with van der Waals surface area (Å²) in [5.41, 5.74) is 1.06. The van der Waals surface area contributed by atoms with Gasteiger partial charge in [0.15, 0.2) is 17.9 Å². The van der Waals surface area contributed by atoms with E-state index in [4.69, 9.17) is 33.2 Å². The van der Waals surface area contributed by atoms with Crippen molar-refractivity contribution in [1.82, 2.24) is 0 Å². The van der Waals surface area contributed by atoms with Gasteiger partial charge in [-0.1, -0.05) is 31.9 Å². The second-order valence-corrected chi connectivity index (χ2v) is 9.41. The van der Waals surface area contributed by atoms with Crippen LogP contribution in [0.5, 0.6) is 5.75 Å². The minimum Gasteiger partial charge on any atom is -0.494 e. The second-order valence-electron chi connectivity index (χ2n) is 9.41. The van der Waals surface area contributed by atoms with Crippen molar-refractivity contribution < 1.29 is 33.2 Å². The average molecular weight is 437 g/mol. The molecule has 3 aliphatic rings. The normalized spacial score (nSPS) is 33.5. The van der Waals surface area contributed by atoms with Gasteiger partial charge in [0, 0.05) is 0 Å². The van der Waals surface area contributed by atoms with Crippen LogP contribution in [0.3, 0.4) is 0 Å². The third kappa shape index (κ3) is 5.59. The zero-order valence-electron chi connectivity index (χ0n) is 19.3. The molecule has 5 atom stereocenters. The van der Waals surface area contributed by atoms with E-state index in [0.29, 0.717) is 13.2 Å². The first kappa shape index (κ1) is 23.0. The Morgan fingerprint density at radius 1 is 0.935 bits per heavy atom. The molecule has 1 aromatic carbocycles. The highest BCUT2D eigenvalue weighted by atomic mass is 16.8. The van der Waals surface area contributed by atoms with Crippen LogP contribution in [0.2, 0.25) is 0 Å². The molecule has 31 heavy (non-hydrogen) atoms. The van der Waals surface area contributed by atoms with Gasteiger partial charge >= 0.3 is 0 Å². The van der Waals surface area contributed by atoms with E-state index in [2.05, 4.69) is 6.92 Å². The zero-order chi connectivity index (χ0) is 22.1. The third-order valence-electron chi connectivity index (χ3n) is 5.81. The van der Waals surface area contributed by atoms with Crippen LogP contribution in [-0.2, 0) is 35.0 Å². The van der Waals surface area contributed by atoms with Gasteiger partial charge in [0.2, 0.25) is 0 Å². The molecule has 4 rings (SSSR count). The predicted octanol–water partition coefficient (Wildman–Crippen LogP) is 4.17. The minimum absolute atomic E-state index is 0.236. The molecule has 3 fully saturated rings. The molecule has 1 aromatic rings. The van der Waals surface area contributed by atoms with Crippen LogP contribution in [0, 0.1) is 0 Å². The van der Waals surface area contributed by atoms with Gasteiger partial charge in [-0.05, 0) is 51.8 Å². The van der Waals surface area contributed by atoms with Crippen LogP contribution >= 0.6 is 0 Å². The number of fused-ring (bicyclic) bond motifs is 1. The predicted molar refractivity (Wildman–Crippen MR) is 114 cm³/mol. The van der Waals surface area contributed by atoms with E-state index in [1.54, 1.807) is 0 Å². The van der Waals surface area contributed by atoms with E-state index >= 15 is 0 Å². The molecule has 3 aliphatic heterocycles. The van der Waals surface area contributed by atoms with Gasteiger partial charge in [-0.2, -0.15) is 0 Å². The van der Waals surface area contributed by atoms with Crippen LogP contribution in [0.25, 0.3) is 0 Å². The molecule has 174 valence electrons. The lowest BCUT2D eigenvalue weighted by molar-refractivity contribution is -0.236. The fourth-order valence-electron chi connectivity index (χ4n) is 4.29. The summed E-state index contributed by atoms with van der Waals surface area (Å²) in [6, 6.07) is 8.05. The molecule has 0 N–H and O–H groups in total. The maximum atomic E-state index is 6.34. The summed E-state index contributed by atoms with van der Waals surface area (Å²) in [4.78, 5) is 0. The van der Waals surface area contributed by atoms with Crippen molar-refractivity contribution in [3.05, 3.63) is 29.8 Å². The molecule has 0 aliphatic carbocycles. The van der Waals surface area contributed by atoms with Crippen molar-refractivity contribution in [2.45, 2.75) is 103 Å². The number of hydrogen-bond acceptors (Lipinski definition) is 7. The van der Waals surface area contributed by atoms with Gasteiger partial charge in [0.25, 0.3) is 0 Å². The molecular weight excluding hydrogens is 400 g/mol. The largest absolute Gasteiger partial charge is 0.494 e. The van der Waals surface area contributed by atoms with E-state index in [9.17, 15) is 0 Å². The number of rotatable bonds is 9. The monoisotopic (exact) mass is 436 g/mol. The Balaban J connectivity index is 1.37. The first-order chi connectivity index (χ1) is 14.8. The smallest absolute Gasteiger partial charge is 0.190 e. The lowest BCUT2D eigenvalue weighted by atomic mass is 10.1. The Bertz CT molecular complexity index is 717. The Kier molecular flexibility index (Phi) is 6.91. The van der Waals surface area contributed by atoms with E-state index < -0.39 is 17.9 Å². The molecule has 7 heteroatoms. The highest BCUT2D eigenvalue weighted by Gasteiger charge is 2.58. The molecule has 0 bridgehead atoms. The third-order valence-corrected chi connectivity index (χ3v) is 5.81. The highest BCUT2D eigenvalue weighted by Crippen LogP contribution is 2.42. The zero-order valence-corrected chi connectivity index (χ0v) is 19.3. The molecule has 0 spiro atoms. The molecule has 3 saturated heterocycles. The van der Waals surface area contributed by atoms with Gasteiger partial charge in [-0.15, -0.1) is 0 Å². The summed E-state index contributed by atoms with van der Waals surface area (Å²) in [5.74, 6) is -0.454. The van der Waals surface area contributed by atoms with Crippen molar-refractivity contribution in [1.29, 1.82) is 0 Å². The topological polar surface area (TPSA) is 64.6 Å². The SMILES string of the molecule is CCCCCOc1ccc(CO[C@@H]2[C@H]3OC(C)(C)O[C@H]3O[C@@H]2C2COC(C)(C)O2)cc1. The van der Waals surface area contributed by atoms with Crippen molar-refractivity contribution >= 4 is 0 Å². The fourth-order valence-corrected chi connectivity index (χ4v) is 4.29. The van der Waals surface area contributed by atoms with Crippen LogP contribution in [0.1, 0.15) is 59.4 Å². The van der Waals surface area contributed by atoms with Crippen LogP contribution in [0.15, 0.2) is 24.3 Å². The average Bonchev–Trinajstić information content (AvgIpc) is 3.33. The Morgan fingerprint density at radius 2 is 1.71 bits per heavy atom. The number of unbranched alkanes of at least 4 members (excludes halogenated alkanes) is 2. The van der Waals surface area contributed by atoms with E-state index in [0.717, 1.165) is 24.3 Å². The lowest BCUT2D eigenvalue weighted by Gasteiger charge is -2.29. The first-order valence-corrected chi connectivity index (χ1v) is 11.4. The summed E-state index contributed by atoms with van der Waals surface area (Å²) in [7, 11) is 0. The highest BCUT2D eigenvalue weighted by molar-refractivity contribution is 5.26. The number of ether oxygens (including phenoxy) is 7. The maximum Gasteiger partial charge on any atom is 0.190 e. The molecule has 0 radical (unpaired) electrons. The van der Waals surface area contributed by atoms with Crippen LogP contribution in [-0.4, -0.2) is 55.5 Å². The maximum absolute atomic E-state index is 6.34. The Hall–Kier alpha value is -1.22.